The first kappa shape index (κ1) is 9.20. The number of H-pyrrole nitrogens is 1. The fraction of sp³-hybridized carbons (Fsp3) is 0. The Hall–Kier alpha value is -2.37. The third-order valence-corrected chi connectivity index (χ3v) is 1.72. The maximum absolute atomic E-state index is 11.5. The molecule has 15 heavy (non-hydrogen) atoms. The van der Waals surface area contributed by atoms with Gasteiger partial charge in [-0.05, 0) is 6.07 Å². The molecule has 0 aliphatic heterocycles. The molecule has 0 bridgehead atoms. The minimum Gasteiger partial charge on any atom is -0.363 e. The first-order valence-corrected chi connectivity index (χ1v) is 4.16. The van der Waals surface area contributed by atoms with Crippen molar-refractivity contribution in [3.63, 3.8) is 0 Å². The average molecular weight is 205 g/mol. The van der Waals surface area contributed by atoms with Crippen molar-refractivity contribution in [3.05, 3.63) is 46.6 Å². The van der Waals surface area contributed by atoms with Crippen LogP contribution >= 0.6 is 0 Å². The van der Waals surface area contributed by atoms with Crippen molar-refractivity contribution in [2.24, 2.45) is 0 Å². The van der Waals surface area contributed by atoms with Gasteiger partial charge in [0.15, 0.2) is 5.82 Å². The number of aromatic amines is 1. The quantitative estimate of drug-likeness (QED) is 0.752. The lowest BCUT2D eigenvalue weighted by molar-refractivity contribution is 0.102. The van der Waals surface area contributed by atoms with Crippen LogP contribution in [-0.2, 0) is 0 Å². The summed E-state index contributed by atoms with van der Waals surface area (Å²) in [6.07, 6.45) is 2.74. The van der Waals surface area contributed by atoms with Gasteiger partial charge in [-0.1, -0.05) is 5.16 Å². The molecule has 0 saturated heterocycles. The SMILES string of the molecule is O=C(Nc1ccon1)c1cc[nH]c(=O)c1. The molecule has 0 unspecified atom stereocenters. The van der Waals surface area contributed by atoms with Gasteiger partial charge in [-0.25, -0.2) is 0 Å². The van der Waals surface area contributed by atoms with Crippen LogP contribution in [0.15, 0.2) is 40.0 Å². The van der Waals surface area contributed by atoms with E-state index in [1.807, 2.05) is 0 Å². The molecule has 0 saturated carbocycles. The molecule has 6 heteroatoms. The Balaban J connectivity index is 2.18. The maximum Gasteiger partial charge on any atom is 0.257 e. The van der Waals surface area contributed by atoms with E-state index in [2.05, 4.69) is 20.0 Å². The average Bonchev–Trinajstić information content (AvgIpc) is 2.70. The molecule has 0 spiro atoms. The third-order valence-electron chi connectivity index (χ3n) is 1.72. The molecule has 0 radical (unpaired) electrons. The van der Waals surface area contributed by atoms with Crippen molar-refractivity contribution in [3.8, 4) is 0 Å². The highest BCUT2D eigenvalue weighted by atomic mass is 16.5. The number of hydrogen-bond acceptors (Lipinski definition) is 4. The second kappa shape index (κ2) is 3.79. The highest BCUT2D eigenvalue weighted by Gasteiger charge is 2.07. The van der Waals surface area contributed by atoms with E-state index in [0.717, 1.165) is 0 Å². The Kier molecular flexibility index (Phi) is 2.32. The van der Waals surface area contributed by atoms with Gasteiger partial charge in [0.2, 0.25) is 5.56 Å². The van der Waals surface area contributed by atoms with Gasteiger partial charge in [-0.2, -0.15) is 0 Å². The van der Waals surface area contributed by atoms with Crippen molar-refractivity contribution in [2.45, 2.75) is 0 Å². The maximum atomic E-state index is 11.5. The molecule has 2 aromatic rings. The van der Waals surface area contributed by atoms with Crippen molar-refractivity contribution in [2.75, 3.05) is 5.32 Å². The molecule has 2 heterocycles. The van der Waals surface area contributed by atoms with Gasteiger partial charge in [0.05, 0.1) is 0 Å². The highest BCUT2D eigenvalue weighted by Crippen LogP contribution is 2.03. The van der Waals surface area contributed by atoms with Crippen LogP contribution in [0.5, 0.6) is 0 Å². The van der Waals surface area contributed by atoms with Crippen molar-refractivity contribution >= 4 is 11.7 Å². The van der Waals surface area contributed by atoms with Crippen LogP contribution in [0.1, 0.15) is 10.4 Å². The Labute approximate surface area is 83.9 Å². The zero-order chi connectivity index (χ0) is 10.7. The van der Waals surface area contributed by atoms with E-state index >= 15 is 0 Å². The van der Waals surface area contributed by atoms with Gasteiger partial charge in [0, 0.05) is 23.9 Å². The third kappa shape index (κ3) is 2.11. The molecule has 76 valence electrons. The summed E-state index contributed by atoms with van der Waals surface area (Å²) in [7, 11) is 0. The van der Waals surface area contributed by atoms with Crippen molar-refractivity contribution in [1.29, 1.82) is 0 Å². The van der Waals surface area contributed by atoms with E-state index in [0.29, 0.717) is 5.82 Å². The number of carbonyl (C=O) groups is 1. The van der Waals surface area contributed by atoms with E-state index in [4.69, 9.17) is 0 Å². The molecule has 0 aromatic carbocycles. The Morgan fingerprint density at radius 3 is 3.00 bits per heavy atom. The van der Waals surface area contributed by atoms with E-state index in [1.165, 1.54) is 30.7 Å². The van der Waals surface area contributed by atoms with Crippen LogP contribution in [0.2, 0.25) is 0 Å². The smallest absolute Gasteiger partial charge is 0.257 e. The minimum absolute atomic E-state index is 0.266. The molecule has 2 aromatic heterocycles. The zero-order valence-electron chi connectivity index (χ0n) is 7.56. The highest BCUT2D eigenvalue weighted by molar-refractivity contribution is 6.03. The number of nitrogens with one attached hydrogen (secondary N) is 2. The van der Waals surface area contributed by atoms with E-state index < -0.39 is 5.91 Å². The number of aromatic nitrogens is 2. The number of anilines is 1. The normalized spacial score (nSPS) is 9.87. The Morgan fingerprint density at radius 2 is 2.33 bits per heavy atom. The molecule has 2 rings (SSSR count). The topological polar surface area (TPSA) is 88.0 Å². The number of carbonyl (C=O) groups excluding carboxylic acids is 1. The summed E-state index contributed by atoms with van der Waals surface area (Å²) in [5.41, 5.74) is -0.0652. The predicted octanol–water partition coefficient (Wildman–Crippen LogP) is 0.615. The van der Waals surface area contributed by atoms with Gasteiger partial charge in [-0.15, -0.1) is 0 Å². The van der Waals surface area contributed by atoms with Gasteiger partial charge in [0.25, 0.3) is 5.91 Å². The van der Waals surface area contributed by atoms with E-state index in [1.54, 1.807) is 0 Å². The molecule has 1 amide bonds. The fourth-order valence-electron chi connectivity index (χ4n) is 1.05. The van der Waals surface area contributed by atoms with Crippen LogP contribution in [0, 0.1) is 0 Å². The zero-order valence-corrected chi connectivity index (χ0v) is 7.56. The van der Waals surface area contributed by atoms with Crippen LogP contribution in [-0.4, -0.2) is 16.0 Å². The minimum atomic E-state index is -0.407. The predicted molar refractivity (Wildman–Crippen MR) is 51.5 cm³/mol. The van der Waals surface area contributed by atoms with Crippen molar-refractivity contribution < 1.29 is 9.32 Å². The van der Waals surface area contributed by atoms with Crippen LogP contribution in [0.4, 0.5) is 5.82 Å². The van der Waals surface area contributed by atoms with Crippen LogP contribution in [0.25, 0.3) is 0 Å². The second-order valence-corrected chi connectivity index (χ2v) is 2.78. The molecular formula is C9H7N3O3. The lowest BCUT2D eigenvalue weighted by Gasteiger charge is -1.99. The summed E-state index contributed by atoms with van der Waals surface area (Å²) < 4.78 is 4.54. The lowest BCUT2D eigenvalue weighted by Crippen LogP contribution is -2.15. The number of amides is 1. The first-order chi connectivity index (χ1) is 7.25. The summed E-state index contributed by atoms with van der Waals surface area (Å²) >= 11 is 0. The molecule has 6 nitrogen and oxygen atoms in total. The molecular weight excluding hydrogens is 198 g/mol. The van der Waals surface area contributed by atoms with Crippen molar-refractivity contribution in [1.82, 2.24) is 10.1 Å². The molecule has 0 atom stereocenters. The Bertz CT molecular complexity index is 515. The summed E-state index contributed by atoms with van der Waals surface area (Å²) in [6.45, 7) is 0. The largest absolute Gasteiger partial charge is 0.363 e. The van der Waals surface area contributed by atoms with Crippen LogP contribution in [0.3, 0.4) is 0 Å². The fourth-order valence-corrected chi connectivity index (χ4v) is 1.05. The van der Waals surface area contributed by atoms with Gasteiger partial charge < -0.3 is 14.8 Å². The number of nitrogens with zero attached hydrogens (tertiary/aromatic N) is 1. The number of pyridine rings is 1. The first-order valence-electron chi connectivity index (χ1n) is 4.16. The van der Waals surface area contributed by atoms with Gasteiger partial charge >= 0.3 is 0 Å². The number of hydrogen-bond donors (Lipinski definition) is 2. The summed E-state index contributed by atoms with van der Waals surface area (Å²) in [6, 6.07) is 4.21. The summed E-state index contributed by atoms with van der Waals surface area (Å²) in [4.78, 5) is 24.9. The van der Waals surface area contributed by atoms with Crippen LogP contribution < -0.4 is 10.9 Å². The second-order valence-electron chi connectivity index (χ2n) is 2.78. The Morgan fingerprint density at radius 1 is 1.47 bits per heavy atom. The molecule has 0 fully saturated rings. The lowest BCUT2D eigenvalue weighted by atomic mass is 10.2. The summed E-state index contributed by atoms with van der Waals surface area (Å²) in [5.74, 6) is -0.102. The monoisotopic (exact) mass is 205 g/mol. The molecule has 0 aliphatic carbocycles. The number of rotatable bonds is 2. The molecule has 0 aliphatic rings. The van der Waals surface area contributed by atoms with Gasteiger partial charge in [0.1, 0.15) is 6.26 Å². The van der Waals surface area contributed by atoms with E-state index in [9.17, 15) is 9.59 Å². The van der Waals surface area contributed by atoms with E-state index in [-0.39, 0.29) is 11.1 Å². The standard InChI is InChI=1S/C9H7N3O3/c13-8-5-6(1-3-10-8)9(14)11-7-2-4-15-12-7/h1-5H,(H,10,13)(H,11,12,14). The van der Waals surface area contributed by atoms with Gasteiger partial charge in [-0.3, -0.25) is 9.59 Å². The summed E-state index contributed by atoms with van der Waals surface area (Å²) in [5, 5.41) is 5.98. The molecule has 2 N–H and O–H groups in total.